The van der Waals surface area contributed by atoms with E-state index in [0.717, 1.165) is 11.8 Å². The lowest BCUT2D eigenvalue weighted by Crippen LogP contribution is -2.01. The van der Waals surface area contributed by atoms with E-state index in [2.05, 4.69) is 26.5 Å². The minimum absolute atomic E-state index is 0.681. The normalized spacial score (nSPS) is 42.9. The van der Waals surface area contributed by atoms with Crippen molar-refractivity contribution in [2.24, 2.45) is 11.8 Å². The van der Waals surface area contributed by atoms with Gasteiger partial charge in [0, 0.05) is 5.25 Å². The second-order valence-corrected chi connectivity index (χ2v) is 4.64. The fraction of sp³-hybridized carbons (Fsp3) is 1.00. The molecule has 0 saturated heterocycles. The summed E-state index contributed by atoms with van der Waals surface area (Å²) >= 11 is 4.53. The molecule has 0 aromatic carbocycles. The van der Waals surface area contributed by atoms with Crippen LogP contribution in [-0.4, -0.2) is 5.25 Å². The summed E-state index contributed by atoms with van der Waals surface area (Å²) in [6.45, 7) is 4.72. The summed E-state index contributed by atoms with van der Waals surface area (Å²) < 4.78 is 0. The monoisotopic (exact) mass is 158 g/mol. The molecule has 0 radical (unpaired) electrons. The minimum atomic E-state index is 0.681. The summed E-state index contributed by atoms with van der Waals surface area (Å²) in [4.78, 5) is 0. The van der Waals surface area contributed by atoms with E-state index in [-0.39, 0.29) is 0 Å². The largest absolute Gasteiger partial charge is 0.176 e. The van der Waals surface area contributed by atoms with E-state index >= 15 is 0 Å². The summed E-state index contributed by atoms with van der Waals surface area (Å²) in [7, 11) is 0. The van der Waals surface area contributed by atoms with Crippen molar-refractivity contribution < 1.29 is 0 Å². The number of rotatable bonds is 0. The molecule has 0 aliphatic heterocycles. The molecular weight excluding hydrogens is 140 g/mol. The predicted octanol–water partition coefficient (Wildman–Crippen LogP) is 3.13. The minimum Gasteiger partial charge on any atom is -0.176 e. The SMILES string of the molecule is CC1CCC(S)CC(C)C1. The standard InChI is InChI=1S/C9H18S/c1-7-3-4-9(10)6-8(2)5-7/h7-10H,3-6H2,1-2H3. The molecule has 1 aliphatic carbocycles. The third-order valence-corrected chi connectivity index (χ3v) is 2.94. The molecule has 0 bridgehead atoms. The maximum Gasteiger partial charge on any atom is 0.00194 e. The second kappa shape index (κ2) is 3.66. The van der Waals surface area contributed by atoms with Crippen LogP contribution in [0.5, 0.6) is 0 Å². The number of thiol groups is 1. The maximum atomic E-state index is 4.53. The van der Waals surface area contributed by atoms with Gasteiger partial charge in [-0.15, -0.1) is 0 Å². The van der Waals surface area contributed by atoms with Gasteiger partial charge in [-0.05, 0) is 37.5 Å². The first kappa shape index (κ1) is 8.45. The van der Waals surface area contributed by atoms with E-state index in [1.165, 1.54) is 25.7 Å². The fourth-order valence-corrected chi connectivity index (χ4v) is 2.47. The lowest BCUT2D eigenvalue weighted by Gasteiger charge is -2.11. The van der Waals surface area contributed by atoms with Crippen LogP contribution in [0.25, 0.3) is 0 Å². The second-order valence-electron chi connectivity index (χ2n) is 3.91. The molecule has 1 saturated carbocycles. The molecule has 1 rings (SSSR count). The van der Waals surface area contributed by atoms with Gasteiger partial charge in [-0.1, -0.05) is 13.8 Å². The molecule has 0 amide bonds. The van der Waals surface area contributed by atoms with Crippen LogP contribution in [0.15, 0.2) is 0 Å². The van der Waals surface area contributed by atoms with Crippen molar-refractivity contribution in [3.8, 4) is 0 Å². The predicted molar refractivity (Wildman–Crippen MR) is 49.6 cm³/mol. The van der Waals surface area contributed by atoms with Gasteiger partial charge >= 0.3 is 0 Å². The molecular formula is C9H18S. The first-order valence-electron chi connectivity index (χ1n) is 4.36. The molecule has 3 unspecified atom stereocenters. The van der Waals surface area contributed by atoms with Crippen LogP contribution in [0.2, 0.25) is 0 Å². The zero-order chi connectivity index (χ0) is 7.56. The van der Waals surface area contributed by atoms with E-state index < -0.39 is 0 Å². The van der Waals surface area contributed by atoms with Crippen molar-refractivity contribution >= 4 is 12.6 Å². The van der Waals surface area contributed by atoms with Gasteiger partial charge in [-0.25, -0.2) is 0 Å². The molecule has 1 aliphatic rings. The Hall–Kier alpha value is 0.350. The van der Waals surface area contributed by atoms with Crippen molar-refractivity contribution in [3.63, 3.8) is 0 Å². The highest BCUT2D eigenvalue weighted by Crippen LogP contribution is 2.29. The van der Waals surface area contributed by atoms with Crippen LogP contribution >= 0.6 is 12.6 Å². The van der Waals surface area contributed by atoms with Crippen LogP contribution in [-0.2, 0) is 0 Å². The first-order valence-corrected chi connectivity index (χ1v) is 4.88. The molecule has 1 heteroatoms. The molecule has 60 valence electrons. The average Bonchev–Trinajstić information content (AvgIpc) is 1.93. The summed E-state index contributed by atoms with van der Waals surface area (Å²) in [6.07, 6.45) is 5.46. The third kappa shape index (κ3) is 2.53. The number of hydrogen-bond acceptors (Lipinski definition) is 1. The Labute approximate surface area is 69.8 Å². The fourth-order valence-electron chi connectivity index (χ4n) is 1.96. The molecule has 0 heterocycles. The maximum absolute atomic E-state index is 4.53. The Morgan fingerprint density at radius 1 is 1.00 bits per heavy atom. The molecule has 10 heavy (non-hydrogen) atoms. The van der Waals surface area contributed by atoms with Crippen LogP contribution < -0.4 is 0 Å². The lowest BCUT2D eigenvalue weighted by atomic mass is 9.96. The third-order valence-electron chi connectivity index (χ3n) is 2.47. The number of hydrogen-bond donors (Lipinski definition) is 1. The van der Waals surface area contributed by atoms with Gasteiger partial charge in [0.05, 0.1) is 0 Å². The van der Waals surface area contributed by atoms with Crippen LogP contribution in [0.1, 0.15) is 39.5 Å². The van der Waals surface area contributed by atoms with Crippen molar-refractivity contribution in [3.05, 3.63) is 0 Å². The molecule has 0 nitrogen and oxygen atoms in total. The van der Waals surface area contributed by atoms with Gasteiger partial charge in [-0.3, -0.25) is 0 Å². The van der Waals surface area contributed by atoms with E-state index in [4.69, 9.17) is 0 Å². The van der Waals surface area contributed by atoms with Crippen molar-refractivity contribution in [2.75, 3.05) is 0 Å². The van der Waals surface area contributed by atoms with Crippen LogP contribution in [0.3, 0.4) is 0 Å². The average molecular weight is 158 g/mol. The Morgan fingerprint density at radius 3 is 2.40 bits per heavy atom. The highest BCUT2D eigenvalue weighted by atomic mass is 32.1. The summed E-state index contributed by atoms with van der Waals surface area (Å²) in [6, 6.07) is 0. The smallest absolute Gasteiger partial charge is 0.00194 e. The van der Waals surface area contributed by atoms with Crippen molar-refractivity contribution in [2.45, 2.75) is 44.8 Å². The highest BCUT2D eigenvalue weighted by Gasteiger charge is 2.17. The Balaban J connectivity index is 2.38. The molecule has 0 aromatic rings. The van der Waals surface area contributed by atoms with Crippen LogP contribution in [0, 0.1) is 11.8 Å². The van der Waals surface area contributed by atoms with Gasteiger partial charge in [-0.2, -0.15) is 12.6 Å². The molecule has 0 N–H and O–H groups in total. The van der Waals surface area contributed by atoms with E-state index in [1.54, 1.807) is 0 Å². The quantitative estimate of drug-likeness (QED) is 0.406. The van der Waals surface area contributed by atoms with E-state index in [1.807, 2.05) is 0 Å². The lowest BCUT2D eigenvalue weighted by molar-refractivity contribution is 0.424. The Bertz CT molecular complexity index is 88.9. The molecule has 1 fully saturated rings. The highest BCUT2D eigenvalue weighted by molar-refractivity contribution is 7.80. The molecule has 0 spiro atoms. The molecule has 3 atom stereocenters. The topological polar surface area (TPSA) is 0 Å². The van der Waals surface area contributed by atoms with Gasteiger partial charge in [0.15, 0.2) is 0 Å². The summed E-state index contributed by atoms with van der Waals surface area (Å²) in [5.74, 6) is 1.84. The zero-order valence-corrected chi connectivity index (χ0v) is 7.90. The van der Waals surface area contributed by atoms with Gasteiger partial charge < -0.3 is 0 Å². The van der Waals surface area contributed by atoms with Crippen molar-refractivity contribution in [1.82, 2.24) is 0 Å². The molecule has 0 aromatic heterocycles. The van der Waals surface area contributed by atoms with E-state index in [0.29, 0.717) is 5.25 Å². The Kier molecular flexibility index (Phi) is 3.09. The van der Waals surface area contributed by atoms with Crippen LogP contribution in [0.4, 0.5) is 0 Å². The van der Waals surface area contributed by atoms with Gasteiger partial charge in [0.25, 0.3) is 0 Å². The summed E-state index contributed by atoms with van der Waals surface area (Å²) in [5.41, 5.74) is 0. The zero-order valence-electron chi connectivity index (χ0n) is 7.01. The van der Waals surface area contributed by atoms with Gasteiger partial charge in [0.1, 0.15) is 0 Å². The summed E-state index contributed by atoms with van der Waals surface area (Å²) in [5, 5.41) is 0.681. The van der Waals surface area contributed by atoms with Crippen molar-refractivity contribution in [1.29, 1.82) is 0 Å². The van der Waals surface area contributed by atoms with Gasteiger partial charge in [0.2, 0.25) is 0 Å². The first-order chi connectivity index (χ1) is 4.68. The Morgan fingerprint density at radius 2 is 1.70 bits per heavy atom. The van der Waals surface area contributed by atoms with E-state index in [9.17, 15) is 0 Å².